The second kappa shape index (κ2) is 4.46. The van der Waals surface area contributed by atoms with Crippen LogP contribution >= 0.6 is 0 Å². The Bertz CT molecular complexity index is 119. The highest BCUT2D eigenvalue weighted by Crippen LogP contribution is 2.09. The molecule has 1 rings (SSSR count). The third-order valence-electron chi connectivity index (χ3n) is 2.12. The van der Waals surface area contributed by atoms with E-state index < -0.39 is 0 Å². The first-order valence-corrected chi connectivity index (χ1v) is 4.17. The Labute approximate surface area is 67.0 Å². The SMILES string of the molecule is O=CCCN1CCC(O)CC1. The van der Waals surface area contributed by atoms with Crippen molar-refractivity contribution in [3.63, 3.8) is 0 Å². The first-order chi connectivity index (χ1) is 5.33. The molecule has 1 aliphatic heterocycles. The summed E-state index contributed by atoms with van der Waals surface area (Å²) in [5, 5.41) is 9.16. The predicted octanol–water partition coefficient (Wildman–Crippen LogP) is 0.0321. The smallest absolute Gasteiger partial charge is 0.121 e. The Morgan fingerprint density at radius 2 is 2.09 bits per heavy atom. The number of likely N-dealkylation sites (tertiary alicyclic amines) is 1. The molecule has 0 radical (unpaired) electrons. The Kier molecular flexibility index (Phi) is 3.52. The van der Waals surface area contributed by atoms with E-state index in [0.29, 0.717) is 6.42 Å². The van der Waals surface area contributed by atoms with Gasteiger partial charge in [0.05, 0.1) is 6.10 Å². The van der Waals surface area contributed by atoms with Crippen molar-refractivity contribution in [2.45, 2.75) is 25.4 Å². The van der Waals surface area contributed by atoms with Crippen molar-refractivity contribution < 1.29 is 9.90 Å². The van der Waals surface area contributed by atoms with Crippen molar-refractivity contribution in [1.82, 2.24) is 4.90 Å². The molecule has 3 heteroatoms. The monoisotopic (exact) mass is 157 g/mol. The van der Waals surface area contributed by atoms with E-state index in [2.05, 4.69) is 4.90 Å². The maximum Gasteiger partial charge on any atom is 0.121 e. The highest BCUT2D eigenvalue weighted by molar-refractivity contribution is 5.49. The molecule has 1 saturated heterocycles. The van der Waals surface area contributed by atoms with Crippen LogP contribution in [0.25, 0.3) is 0 Å². The van der Waals surface area contributed by atoms with Crippen LogP contribution in [0, 0.1) is 0 Å². The Morgan fingerprint density at radius 1 is 1.45 bits per heavy atom. The molecule has 0 aliphatic carbocycles. The van der Waals surface area contributed by atoms with Crippen LogP contribution in [-0.2, 0) is 4.79 Å². The molecule has 1 fully saturated rings. The fraction of sp³-hybridized carbons (Fsp3) is 0.875. The van der Waals surface area contributed by atoms with Crippen molar-refractivity contribution in [2.24, 2.45) is 0 Å². The molecule has 11 heavy (non-hydrogen) atoms. The highest BCUT2D eigenvalue weighted by atomic mass is 16.3. The predicted molar refractivity (Wildman–Crippen MR) is 42.4 cm³/mol. The number of piperidine rings is 1. The summed E-state index contributed by atoms with van der Waals surface area (Å²) in [6, 6.07) is 0. The second-order valence-corrected chi connectivity index (χ2v) is 3.03. The summed E-state index contributed by atoms with van der Waals surface area (Å²) < 4.78 is 0. The summed E-state index contributed by atoms with van der Waals surface area (Å²) in [5.74, 6) is 0. The molecule has 0 amide bonds. The van der Waals surface area contributed by atoms with Crippen LogP contribution < -0.4 is 0 Å². The van der Waals surface area contributed by atoms with E-state index in [1.165, 1.54) is 0 Å². The van der Waals surface area contributed by atoms with E-state index in [-0.39, 0.29) is 6.10 Å². The largest absolute Gasteiger partial charge is 0.393 e. The van der Waals surface area contributed by atoms with Gasteiger partial charge in [0, 0.05) is 26.1 Å². The average molecular weight is 157 g/mol. The number of hydrogen-bond donors (Lipinski definition) is 1. The van der Waals surface area contributed by atoms with Crippen LogP contribution in [0.5, 0.6) is 0 Å². The molecular weight excluding hydrogens is 142 g/mol. The molecule has 0 aromatic heterocycles. The Hall–Kier alpha value is -0.410. The Morgan fingerprint density at radius 3 is 2.64 bits per heavy atom. The van der Waals surface area contributed by atoms with Gasteiger partial charge in [0.2, 0.25) is 0 Å². The lowest BCUT2D eigenvalue weighted by Crippen LogP contribution is -2.36. The van der Waals surface area contributed by atoms with Gasteiger partial charge in [-0.05, 0) is 12.8 Å². The van der Waals surface area contributed by atoms with E-state index in [4.69, 9.17) is 5.11 Å². The van der Waals surface area contributed by atoms with Crippen molar-refractivity contribution in [1.29, 1.82) is 0 Å². The van der Waals surface area contributed by atoms with Crippen LogP contribution in [0.4, 0.5) is 0 Å². The molecule has 0 atom stereocenters. The normalized spacial score (nSPS) is 21.9. The molecule has 0 spiro atoms. The first kappa shape index (κ1) is 8.68. The van der Waals surface area contributed by atoms with E-state index in [1.807, 2.05) is 0 Å². The fourth-order valence-corrected chi connectivity index (χ4v) is 1.38. The summed E-state index contributed by atoms with van der Waals surface area (Å²) in [6.45, 7) is 2.74. The molecule has 0 aromatic carbocycles. The lowest BCUT2D eigenvalue weighted by Gasteiger charge is -2.28. The number of hydrogen-bond acceptors (Lipinski definition) is 3. The summed E-state index contributed by atoms with van der Waals surface area (Å²) in [6.07, 6.45) is 3.18. The summed E-state index contributed by atoms with van der Waals surface area (Å²) >= 11 is 0. The quantitative estimate of drug-likeness (QED) is 0.588. The number of aliphatic hydroxyl groups is 1. The standard InChI is InChI=1S/C8H15NO2/c10-7-1-4-9-5-2-8(11)3-6-9/h7-8,11H,1-6H2. The van der Waals surface area contributed by atoms with Gasteiger partial charge in [-0.2, -0.15) is 0 Å². The molecule has 0 unspecified atom stereocenters. The molecule has 3 nitrogen and oxygen atoms in total. The minimum atomic E-state index is -0.109. The molecule has 0 bridgehead atoms. The van der Waals surface area contributed by atoms with Crippen LogP contribution in [0.2, 0.25) is 0 Å². The first-order valence-electron chi connectivity index (χ1n) is 4.17. The number of nitrogens with zero attached hydrogens (tertiary/aromatic N) is 1. The zero-order chi connectivity index (χ0) is 8.10. The molecule has 0 saturated carbocycles. The van der Waals surface area contributed by atoms with Gasteiger partial charge in [-0.1, -0.05) is 0 Å². The fourth-order valence-electron chi connectivity index (χ4n) is 1.38. The minimum Gasteiger partial charge on any atom is -0.393 e. The molecule has 1 heterocycles. The lowest BCUT2D eigenvalue weighted by atomic mass is 10.1. The van der Waals surface area contributed by atoms with Crippen LogP contribution in [0.15, 0.2) is 0 Å². The molecular formula is C8H15NO2. The van der Waals surface area contributed by atoms with E-state index in [1.54, 1.807) is 0 Å². The van der Waals surface area contributed by atoms with Gasteiger partial charge in [-0.3, -0.25) is 0 Å². The van der Waals surface area contributed by atoms with Gasteiger partial charge in [-0.15, -0.1) is 0 Å². The Balaban J connectivity index is 2.12. The number of aliphatic hydroxyl groups excluding tert-OH is 1. The van der Waals surface area contributed by atoms with E-state index in [9.17, 15) is 4.79 Å². The number of carbonyl (C=O) groups is 1. The third-order valence-corrected chi connectivity index (χ3v) is 2.12. The van der Waals surface area contributed by atoms with Crippen molar-refractivity contribution in [3.8, 4) is 0 Å². The maximum absolute atomic E-state index is 10.0. The van der Waals surface area contributed by atoms with Crippen molar-refractivity contribution in [3.05, 3.63) is 0 Å². The lowest BCUT2D eigenvalue weighted by molar-refractivity contribution is -0.108. The molecule has 0 aromatic rings. The summed E-state index contributed by atoms with van der Waals surface area (Å²) in [7, 11) is 0. The van der Waals surface area contributed by atoms with Gasteiger partial charge in [0.15, 0.2) is 0 Å². The zero-order valence-corrected chi connectivity index (χ0v) is 6.70. The van der Waals surface area contributed by atoms with Gasteiger partial charge in [0.1, 0.15) is 6.29 Å². The van der Waals surface area contributed by atoms with Gasteiger partial charge >= 0.3 is 0 Å². The second-order valence-electron chi connectivity index (χ2n) is 3.03. The van der Waals surface area contributed by atoms with Crippen LogP contribution in [-0.4, -0.2) is 42.0 Å². The molecule has 1 aliphatic rings. The summed E-state index contributed by atoms with van der Waals surface area (Å²) in [4.78, 5) is 12.3. The third kappa shape index (κ3) is 2.99. The number of rotatable bonds is 3. The average Bonchev–Trinajstić information content (AvgIpc) is 2.04. The van der Waals surface area contributed by atoms with Gasteiger partial charge in [-0.25, -0.2) is 0 Å². The zero-order valence-electron chi connectivity index (χ0n) is 6.70. The molecule has 64 valence electrons. The topological polar surface area (TPSA) is 40.5 Å². The number of aldehydes is 1. The van der Waals surface area contributed by atoms with Crippen molar-refractivity contribution >= 4 is 6.29 Å². The van der Waals surface area contributed by atoms with Crippen LogP contribution in [0.1, 0.15) is 19.3 Å². The molecule has 1 N–H and O–H groups in total. The minimum absolute atomic E-state index is 0.109. The van der Waals surface area contributed by atoms with Crippen molar-refractivity contribution in [2.75, 3.05) is 19.6 Å². The summed E-state index contributed by atoms with van der Waals surface area (Å²) in [5.41, 5.74) is 0. The van der Waals surface area contributed by atoms with E-state index >= 15 is 0 Å². The van der Waals surface area contributed by atoms with E-state index in [0.717, 1.165) is 38.8 Å². The van der Waals surface area contributed by atoms with Gasteiger partial charge in [0.25, 0.3) is 0 Å². The highest BCUT2D eigenvalue weighted by Gasteiger charge is 2.15. The number of carbonyl (C=O) groups excluding carboxylic acids is 1. The van der Waals surface area contributed by atoms with Crippen LogP contribution in [0.3, 0.4) is 0 Å². The maximum atomic E-state index is 10.0. The van der Waals surface area contributed by atoms with Gasteiger partial charge < -0.3 is 14.8 Å².